The predicted molar refractivity (Wildman–Crippen MR) is 120 cm³/mol. The predicted octanol–water partition coefficient (Wildman–Crippen LogP) is 3.43. The molecule has 1 aliphatic heterocycles. The molecule has 2 N–H and O–H groups in total. The molecule has 0 radical (unpaired) electrons. The number of phenols is 1. The van der Waals surface area contributed by atoms with Crippen LogP contribution in [0.2, 0.25) is 0 Å². The van der Waals surface area contributed by atoms with Crippen molar-refractivity contribution in [3.05, 3.63) is 89.3 Å². The number of aromatic hydroxyl groups is 1. The Balaban J connectivity index is 1.94. The number of benzene rings is 2. The van der Waals surface area contributed by atoms with E-state index in [1.54, 1.807) is 54.9 Å². The van der Waals surface area contributed by atoms with Crippen LogP contribution in [0, 0.1) is 0 Å². The molecule has 1 saturated heterocycles. The Labute approximate surface area is 190 Å². The third kappa shape index (κ3) is 3.98. The lowest BCUT2D eigenvalue weighted by Crippen LogP contribution is -2.29. The standard InChI is InChI=1S/C25H22N2O6/c1-32-18-7-4-8-19(33-2)20(18)23(29)21-22(16-5-3-6-17(28)13-16)27(25(31)24(21)30)14-15-9-11-26-12-10-15/h3-13,22,28-29H,14H2,1-2H3/b23-21+. The molecule has 1 aliphatic rings. The summed E-state index contributed by atoms with van der Waals surface area (Å²) in [5.41, 5.74) is 1.27. The largest absolute Gasteiger partial charge is 0.508 e. The number of nitrogens with zero attached hydrogens (tertiary/aromatic N) is 2. The summed E-state index contributed by atoms with van der Waals surface area (Å²) < 4.78 is 10.8. The molecule has 0 saturated carbocycles. The summed E-state index contributed by atoms with van der Waals surface area (Å²) in [7, 11) is 2.86. The van der Waals surface area contributed by atoms with E-state index >= 15 is 0 Å². The zero-order valence-electron chi connectivity index (χ0n) is 18.1. The van der Waals surface area contributed by atoms with Gasteiger partial charge in [-0.3, -0.25) is 14.6 Å². The highest BCUT2D eigenvalue weighted by Crippen LogP contribution is 2.44. The van der Waals surface area contributed by atoms with E-state index in [9.17, 15) is 19.8 Å². The molecule has 0 bridgehead atoms. The molecular weight excluding hydrogens is 424 g/mol. The van der Waals surface area contributed by atoms with Gasteiger partial charge in [0.2, 0.25) is 0 Å². The van der Waals surface area contributed by atoms with Crippen molar-refractivity contribution in [2.75, 3.05) is 14.2 Å². The first-order valence-corrected chi connectivity index (χ1v) is 10.1. The number of carbonyl (C=O) groups excluding carboxylic acids is 2. The van der Waals surface area contributed by atoms with E-state index < -0.39 is 23.5 Å². The normalized spacial score (nSPS) is 17.3. The van der Waals surface area contributed by atoms with Gasteiger partial charge >= 0.3 is 0 Å². The molecule has 2 aromatic carbocycles. The van der Waals surface area contributed by atoms with Gasteiger partial charge in [-0.25, -0.2) is 0 Å². The van der Waals surface area contributed by atoms with E-state index in [-0.39, 0.29) is 34.9 Å². The number of amides is 1. The Morgan fingerprint density at radius 3 is 2.24 bits per heavy atom. The number of Topliss-reactive ketones (excluding diaryl/α,β-unsaturated/α-hetero) is 1. The number of methoxy groups -OCH3 is 2. The summed E-state index contributed by atoms with van der Waals surface area (Å²) >= 11 is 0. The Morgan fingerprint density at radius 1 is 1.00 bits per heavy atom. The number of aliphatic hydroxyl groups excluding tert-OH is 1. The fourth-order valence-corrected chi connectivity index (χ4v) is 3.99. The van der Waals surface area contributed by atoms with Gasteiger partial charge in [-0.2, -0.15) is 0 Å². The number of hydrogen-bond acceptors (Lipinski definition) is 7. The van der Waals surface area contributed by atoms with Crippen LogP contribution in [0.4, 0.5) is 0 Å². The SMILES string of the molecule is COc1cccc(OC)c1/C(O)=C1\C(=O)C(=O)N(Cc2ccncc2)C1c1cccc(O)c1. The van der Waals surface area contributed by atoms with Crippen LogP contribution in [0.25, 0.3) is 5.76 Å². The second-order valence-corrected chi connectivity index (χ2v) is 7.41. The first-order chi connectivity index (χ1) is 16.0. The molecule has 1 aromatic heterocycles. The van der Waals surface area contributed by atoms with Crippen LogP contribution in [-0.2, 0) is 16.1 Å². The van der Waals surface area contributed by atoms with Crippen molar-refractivity contribution >= 4 is 17.4 Å². The summed E-state index contributed by atoms with van der Waals surface area (Å²) in [6.45, 7) is 0.104. The molecule has 1 unspecified atom stereocenters. The van der Waals surface area contributed by atoms with Gasteiger partial charge in [-0.1, -0.05) is 18.2 Å². The topological polar surface area (TPSA) is 109 Å². The molecule has 1 amide bonds. The van der Waals surface area contributed by atoms with E-state index in [1.807, 2.05) is 0 Å². The molecule has 33 heavy (non-hydrogen) atoms. The lowest BCUT2D eigenvalue weighted by atomic mass is 9.94. The average molecular weight is 446 g/mol. The number of likely N-dealkylation sites (tertiary alicyclic amines) is 1. The number of carbonyl (C=O) groups is 2. The fraction of sp³-hybridized carbons (Fsp3) is 0.160. The minimum atomic E-state index is -0.945. The number of phenolic OH excluding ortho intramolecular Hbond substituents is 1. The zero-order valence-corrected chi connectivity index (χ0v) is 18.1. The van der Waals surface area contributed by atoms with Crippen molar-refractivity contribution < 1.29 is 29.3 Å². The summed E-state index contributed by atoms with van der Waals surface area (Å²) in [6, 6.07) is 13.7. The number of rotatable bonds is 6. The van der Waals surface area contributed by atoms with Gasteiger partial charge in [0.25, 0.3) is 11.7 Å². The summed E-state index contributed by atoms with van der Waals surface area (Å²) in [5.74, 6) is -1.51. The summed E-state index contributed by atoms with van der Waals surface area (Å²) in [6.07, 6.45) is 3.18. The van der Waals surface area contributed by atoms with Crippen LogP contribution in [-0.4, -0.2) is 46.0 Å². The molecule has 1 fully saturated rings. The van der Waals surface area contributed by atoms with Crippen molar-refractivity contribution in [2.24, 2.45) is 0 Å². The van der Waals surface area contributed by atoms with Crippen molar-refractivity contribution in [1.29, 1.82) is 0 Å². The smallest absolute Gasteiger partial charge is 0.295 e. The van der Waals surface area contributed by atoms with E-state index in [4.69, 9.17) is 9.47 Å². The van der Waals surface area contributed by atoms with Gasteiger partial charge in [0, 0.05) is 18.9 Å². The lowest BCUT2D eigenvalue weighted by Gasteiger charge is -2.25. The highest BCUT2D eigenvalue weighted by atomic mass is 16.5. The van der Waals surface area contributed by atoms with Gasteiger partial charge in [-0.05, 0) is 47.5 Å². The number of pyridine rings is 1. The fourth-order valence-electron chi connectivity index (χ4n) is 3.99. The maximum absolute atomic E-state index is 13.2. The molecule has 1 atom stereocenters. The maximum Gasteiger partial charge on any atom is 0.295 e. The van der Waals surface area contributed by atoms with Crippen LogP contribution in [0.3, 0.4) is 0 Å². The van der Waals surface area contributed by atoms with Gasteiger partial charge in [0.1, 0.15) is 28.6 Å². The molecular formula is C25H22N2O6. The van der Waals surface area contributed by atoms with Crippen molar-refractivity contribution in [1.82, 2.24) is 9.88 Å². The van der Waals surface area contributed by atoms with E-state index in [0.29, 0.717) is 5.56 Å². The Hall–Kier alpha value is -4.33. The molecule has 8 heteroatoms. The van der Waals surface area contributed by atoms with Crippen LogP contribution in [0.1, 0.15) is 22.7 Å². The Morgan fingerprint density at radius 2 is 1.64 bits per heavy atom. The number of aliphatic hydroxyl groups is 1. The molecule has 2 heterocycles. The van der Waals surface area contributed by atoms with Gasteiger partial charge < -0.3 is 24.6 Å². The Bertz CT molecular complexity index is 1220. The molecule has 168 valence electrons. The van der Waals surface area contributed by atoms with Crippen LogP contribution < -0.4 is 9.47 Å². The highest BCUT2D eigenvalue weighted by molar-refractivity contribution is 6.46. The zero-order chi connectivity index (χ0) is 23.5. The van der Waals surface area contributed by atoms with Crippen molar-refractivity contribution in [3.63, 3.8) is 0 Å². The molecule has 0 aliphatic carbocycles. The van der Waals surface area contributed by atoms with E-state index in [2.05, 4.69) is 4.98 Å². The number of aromatic nitrogens is 1. The monoisotopic (exact) mass is 446 g/mol. The quantitative estimate of drug-likeness (QED) is 0.339. The van der Waals surface area contributed by atoms with Gasteiger partial charge in [0.15, 0.2) is 0 Å². The number of ether oxygens (including phenoxy) is 2. The number of ketones is 1. The minimum Gasteiger partial charge on any atom is -0.508 e. The average Bonchev–Trinajstić information content (AvgIpc) is 3.08. The summed E-state index contributed by atoms with van der Waals surface area (Å²) in [4.78, 5) is 31.7. The van der Waals surface area contributed by atoms with Gasteiger partial charge in [-0.15, -0.1) is 0 Å². The lowest BCUT2D eigenvalue weighted by molar-refractivity contribution is -0.140. The number of hydrogen-bond donors (Lipinski definition) is 2. The van der Waals surface area contributed by atoms with Crippen molar-refractivity contribution in [3.8, 4) is 17.2 Å². The molecule has 4 rings (SSSR count). The molecule has 0 spiro atoms. The van der Waals surface area contributed by atoms with Crippen LogP contribution >= 0.6 is 0 Å². The highest BCUT2D eigenvalue weighted by Gasteiger charge is 2.46. The first-order valence-electron chi connectivity index (χ1n) is 10.1. The van der Waals surface area contributed by atoms with Crippen LogP contribution in [0.5, 0.6) is 17.2 Å². The second-order valence-electron chi connectivity index (χ2n) is 7.41. The molecule has 8 nitrogen and oxygen atoms in total. The maximum atomic E-state index is 13.2. The van der Waals surface area contributed by atoms with Crippen LogP contribution in [0.15, 0.2) is 72.6 Å². The van der Waals surface area contributed by atoms with Gasteiger partial charge in [0.05, 0.1) is 25.8 Å². The summed E-state index contributed by atoms with van der Waals surface area (Å²) in [5, 5.41) is 21.4. The van der Waals surface area contributed by atoms with E-state index in [0.717, 1.165) is 5.56 Å². The Kier molecular flexibility index (Phi) is 5.99. The first kappa shape index (κ1) is 21.9. The third-order valence-electron chi connectivity index (χ3n) is 5.49. The third-order valence-corrected chi connectivity index (χ3v) is 5.49. The minimum absolute atomic E-state index is 0.0307. The molecule has 3 aromatic rings. The van der Waals surface area contributed by atoms with E-state index in [1.165, 1.54) is 31.3 Å². The van der Waals surface area contributed by atoms with Crippen molar-refractivity contribution in [2.45, 2.75) is 12.6 Å². The second kappa shape index (κ2) is 9.04.